The van der Waals surface area contributed by atoms with E-state index in [2.05, 4.69) is 15.4 Å². The molecule has 0 amide bonds. The van der Waals surface area contributed by atoms with E-state index in [1.807, 2.05) is 26.8 Å². The number of benzene rings is 1. The van der Waals surface area contributed by atoms with Gasteiger partial charge in [0, 0.05) is 0 Å². The van der Waals surface area contributed by atoms with Gasteiger partial charge < -0.3 is 4.42 Å². The minimum absolute atomic E-state index is 0.105. The lowest BCUT2D eigenvalue weighted by Crippen LogP contribution is -2.05. The Balaban J connectivity index is 2.71. The SMILES string of the molecule is Cc1cc(C)c2c(=O)c3[nH]nnc3oc2c1C. The van der Waals surface area contributed by atoms with E-state index in [1.165, 1.54) is 0 Å². The molecule has 0 fully saturated rings. The van der Waals surface area contributed by atoms with Crippen molar-refractivity contribution >= 4 is 22.2 Å². The number of H-pyrrole nitrogens is 1. The molecule has 0 bridgehead atoms. The molecular formula is C12H11N3O2. The van der Waals surface area contributed by atoms with Crippen LogP contribution in [0.15, 0.2) is 15.3 Å². The molecule has 17 heavy (non-hydrogen) atoms. The van der Waals surface area contributed by atoms with Gasteiger partial charge in [0.25, 0.3) is 5.71 Å². The first-order chi connectivity index (χ1) is 8.09. The van der Waals surface area contributed by atoms with E-state index in [-0.39, 0.29) is 11.1 Å². The number of nitrogens with one attached hydrogen (secondary N) is 1. The van der Waals surface area contributed by atoms with E-state index in [0.717, 1.165) is 16.7 Å². The second-order valence-corrected chi connectivity index (χ2v) is 4.26. The van der Waals surface area contributed by atoms with Gasteiger partial charge in [0.2, 0.25) is 5.43 Å². The van der Waals surface area contributed by atoms with Crippen molar-refractivity contribution in [1.82, 2.24) is 15.4 Å². The Morgan fingerprint density at radius 1 is 1.24 bits per heavy atom. The van der Waals surface area contributed by atoms with Gasteiger partial charge in [-0.25, -0.2) is 0 Å². The molecule has 3 aromatic rings. The summed E-state index contributed by atoms with van der Waals surface area (Å²) in [6.45, 7) is 5.84. The third kappa shape index (κ3) is 1.22. The molecule has 0 spiro atoms. The van der Waals surface area contributed by atoms with Crippen LogP contribution in [-0.4, -0.2) is 15.4 Å². The van der Waals surface area contributed by atoms with Gasteiger partial charge in [-0.15, -0.1) is 0 Å². The van der Waals surface area contributed by atoms with Gasteiger partial charge in [-0.2, -0.15) is 0 Å². The second kappa shape index (κ2) is 3.16. The summed E-state index contributed by atoms with van der Waals surface area (Å²) in [5, 5.41) is 10.5. The van der Waals surface area contributed by atoms with Crippen molar-refractivity contribution < 1.29 is 4.42 Å². The highest BCUT2D eigenvalue weighted by Gasteiger charge is 2.15. The van der Waals surface area contributed by atoms with Crippen LogP contribution < -0.4 is 5.43 Å². The summed E-state index contributed by atoms with van der Waals surface area (Å²) in [6, 6.07) is 1.99. The quantitative estimate of drug-likeness (QED) is 0.639. The van der Waals surface area contributed by atoms with Crippen molar-refractivity contribution in [3.05, 3.63) is 33.0 Å². The number of aromatic amines is 1. The maximum absolute atomic E-state index is 12.3. The van der Waals surface area contributed by atoms with E-state index in [9.17, 15) is 4.79 Å². The second-order valence-electron chi connectivity index (χ2n) is 4.26. The molecule has 1 aromatic carbocycles. The van der Waals surface area contributed by atoms with Gasteiger partial charge in [-0.05, 0) is 37.5 Å². The number of hydrogen-bond donors (Lipinski definition) is 1. The molecule has 5 heteroatoms. The molecule has 2 aromatic heterocycles. The molecule has 0 aliphatic rings. The van der Waals surface area contributed by atoms with Crippen LogP contribution in [0, 0.1) is 20.8 Å². The van der Waals surface area contributed by atoms with Crippen LogP contribution in [0.25, 0.3) is 22.2 Å². The van der Waals surface area contributed by atoms with Gasteiger partial charge in [-0.1, -0.05) is 16.4 Å². The van der Waals surface area contributed by atoms with Crippen molar-refractivity contribution in [2.45, 2.75) is 20.8 Å². The smallest absolute Gasteiger partial charge is 0.270 e. The molecule has 0 aliphatic heterocycles. The van der Waals surface area contributed by atoms with Crippen LogP contribution in [-0.2, 0) is 0 Å². The Morgan fingerprint density at radius 3 is 2.76 bits per heavy atom. The van der Waals surface area contributed by atoms with Gasteiger partial charge in [0.15, 0.2) is 5.52 Å². The lowest BCUT2D eigenvalue weighted by Gasteiger charge is -2.06. The van der Waals surface area contributed by atoms with Crippen LogP contribution in [0.5, 0.6) is 0 Å². The zero-order valence-electron chi connectivity index (χ0n) is 9.79. The number of aryl methyl sites for hydroxylation is 3. The molecule has 3 rings (SSSR count). The lowest BCUT2D eigenvalue weighted by molar-refractivity contribution is 0.638. The Bertz CT molecular complexity index is 799. The maximum atomic E-state index is 12.3. The standard InChI is InChI=1S/C12H11N3O2/c1-5-4-6(2)8-10(16)9-12(14-15-13-9)17-11(8)7(5)3/h4H,1-3H3,(H,13,14,15). The number of hydrogen-bond acceptors (Lipinski definition) is 4. The summed E-state index contributed by atoms with van der Waals surface area (Å²) in [7, 11) is 0. The highest BCUT2D eigenvalue weighted by atomic mass is 16.3. The zero-order valence-corrected chi connectivity index (χ0v) is 9.79. The summed E-state index contributed by atoms with van der Waals surface area (Å²) in [5.74, 6) is 0. The first kappa shape index (κ1) is 10.0. The van der Waals surface area contributed by atoms with E-state index in [1.54, 1.807) is 0 Å². The van der Waals surface area contributed by atoms with Gasteiger partial charge in [0.05, 0.1) is 5.39 Å². The average molecular weight is 229 g/mol. The van der Waals surface area contributed by atoms with Crippen molar-refractivity contribution in [2.75, 3.05) is 0 Å². The average Bonchev–Trinajstić information content (AvgIpc) is 2.74. The minimum atomic E-state index is -0.105. The molecule has 0 unspecified atom stereocenters. The summed E-state index contributed by atoms with van der Waals surface area (Å²) >= 11 is 0. The highest BCUT2D eigenvalue weighted by molar-refractivity contribution is 5.90. The van der Waals surface area contributed by atoms with Crippen LogP contribution in [0.2, 0.25) is 0 Å². The largest absolute Gasteiger partial charge is 0.435 e. The number of rotatable bonds is 0. The molecule has 0 aliphatic carbocycles. The molecular weight excluding hydrogens is 218 g/mol. The van der Waals surface area contributed by atoms with Gasteiger partial charge >= 0.3 is 0 Å². The Kier molecular flexibility index (Phi) is 1.86. The first-order valence-electron chi connectivity index (χ1n) is 5.34. The number of nitrogens with zero attached hydrogens (tertiary/aromatic N) is 2. The Labute approximate surface area is 96.4 Å². The molecule has 1 N–H and O–H groups in total. The fraction of sp³-hybridized carbons (Fsp3) is 0.250. The molecule has 5 nitrogen and oxygen atoms in total. The summed E-state index contributed by atoms with van der Waals surface area (Å²) < 4.78 is 5.65. The summed E-state index contributed by atoms with van der Waals surface area (Å²) in [5.41, 5.74) is 4.06. The Hall–Kier alpha value is -2.17. The number of aromatic nitrogens is 3. The van der Waals surface area contributed by atoms with Crippen LogP contribution in [0.1, 0.15) is 16.7 Å². The predicted molar refractivity (Wildman–Crippen MR) is 64.1 cm³/mol. The lowest BCUT2D eigenvalue weighted by atomic mass is 10.0. The fourth-order valence-corrected chi connectivity index (χ4v) is 2.12. The third-order valence-corrected chi connectivity index (χ3v) is 3.16. The first-order valence-corrected chi connectivity index (χ1v) is 5.34. The van der Waals surface area contributed by atoms with Crippen molar-refractivity contribution in [3.63, 3.8) is 0 Å². The molecule has 0 saturated heterocycles. The molecule has 0 saturated carbocycles. The van der Waals surface area contributed by atoms with E-state index >= 15 is 0 Å². The molecule has 0 atom stereocenters. The zero-order chi connectivity index (χ0) is 12.2. The fourth-order valence-electron chi connectivity index (χ4n) is 2.12. The Morgan fingerprint density at radius 2 is 2.00 bits per heavy atom. The van der Waals surface area contributed by atoms with E-state index in [4.69, 9.17) is 4.42 Å². The van der Waals surface area contributed by atoms with Crippen molar-refractivity contribution in [2.24, 2.45) is 0 Å². The topological polar surface area (TPSA) is 71.8 Å². The normalized spacial score (nSPS) is 11.5. The monoisotopic (exact) mass is 229 g/mol. The molecule has 86 valence electrons. The molecule has 2 heterocycles. The van der Waals surface area contributed by atoms with Gasteiger partial charge in [0.1, 0.15) is 5.58 Å². The minimum Gasteiger partial charge on any atom is -0.435 e. The van der Waals surface area contributed by atoms with Crippen molar-refractivity contribution in [3.8, 4) is 0 Å². The van der Waals surface area contributed by atoms with E-state index in [0.29, 0.717) is 16.5 Å². The number of fused-ring (bicyclic) bond motifs is 2. The third-order valence-electron chi connectivity index (χ3n) is 3.16. The summed E-state index contributed by atoms with van der Waals surface area (Å²) in [4.78, 5) is 12.3. The predicted octanol–water partition coefficient (Wildman–Crippen LogP) is 1.99. The van der Waals surface area contributed by atoms with Crippen LogP contribution >= 0.6 is 0 Å². The van der Waals surface area contributed by atoms with E-state index < -0.39 is 0 Å². The maximum Gasteiger partial charge on any atom is 0.270 e. The van der Waals surface area contributed by atoms with Crippen LogP contribution in [0.4, 0.5) is 0 Å². The van der Waals surface area contributed by atoms with Crippen LogP contribution in [0.3, 0.4) is 0 Å². The molecule has 0 radical (unpaired) electrons. The van der Waals surface area contributed by atoms with Crippen molar-refractivity contribution in [1.29, 1.82) is 0 Å². The summed E-state index contributed by atoms with van der Waals surface area (Å²) in [6.07, 6.45) is 0. The highest BCUT2D eigenvalue weighted by Crippen LogP contribution is 2.24. The van der Waals surface area contributed by atoms with Gasteiger partial charge in [-0.3, -0.25) is 9.89 Å².